The molecular weight excluding hydrogens is 432 g/mol. The Morgan fingerprint density at radius 3 is 2.45 bits per heavy atom. The van der Waals surface area contributed by atoms with Crippen LogP contribution in [0.5, 0.6) is 11.5 Å². The Hall–Kier alpha value is -4.20. The highest BCUT2D eigenvalue weighted by Gasteiger charge is 2.47. The molecule has 1 unspecified atom stereocenters. The molecule has 0 bridgehead atoms. The summed E-state index contributed by atoms with van der Waals surface area (Å²) >= 11 is 0. The van der Waals surface area contributed by atoms with Crippen LogP contribution in [0.3, 0.4) is 0 Å². The average Bonchev–Trinajstić information content (AvgIpc) is 3.06. The SMILES string of the molecule is CCOc1cccc(/C(O)=C2\C(=O)C(=O)N(c3ccc(F)c(F)c3)C2c2cccc(O)c2)c1. The predicted octanol–water partition coefficient (Wildman–Crippen LogP) is 4.70. The Bertz CT molecular complexity index is 1290. The lowest BCUT2D eigenvalue weighted by Gasteiger charge is -2.25. The number of rotatable bonds is 5. The van der Waals surface area contributed by atoms with Crippen LogP contribution < -0.4 is 9.64 Å². The number of phenolic OH excluding ortho intramolecular Hbond substituents is 1. The molecule has 6 nitrogen and oxygen atoms in total. The lowest BCUT2D eigenvalue weighted by Crippen LogP contribution is -2.29. The van der Waals surface area contributed by atoms with E-state index in [1.165, 1.54) is 24.3 Å². The molecule has 8 heteroatoms. The molecule has 0 aliphatic carbocycles. The van der Waals surface area contributed by atoms with Gasteiger partial charge in [-0.1, -0.05) is 24.3 Å². The zero-order valence-electron chi connectivity index (χ0n) is 17.5. The fourth-order valence-electron chi connectivity index (χ4n) is 3.80. The van der Waals surface area contributed by atoms with Gasteiger partial charge in [-0.2, -0.15) is 0 Å². The first-order valence-corrected chi connectivity index (χ1v) is 10.1. The smallest absolute Gasteiger partial charge is 0.300 e. The summed E-state index contributed by atoms with van der Waals surface area (Å²) in [6.07, 6.45) is 0. The monoisotopic (exact) mass is 451 g/mol. The van der Waals surface area contributed by atoms with Crippen molar-refractivity contribution in [2.24, 2.45) is 0 Å². The van der Waals surface area contributed by atoms with Gasteiger partial charge < -0.3 is 14.9 Å². The van der Waals surface area contributed by atoms with Gasteiger partial charge in [-0.3, -0.25) is 14.5 Å². The molecule has 1 saturated heterocycles. The first-order valence-electron chi connectivity index (χ1n) is 10.1. The van der Waals surface area contributed by atoms with Crippen molar-refractivity contribution < 1.29 is 33.3 Å². The first-order chi connectivity index (χ1) is 15.8. The van der Waals surface area contributed by atoms with Gasteiger partial charge in [0.25, 0.3) is 11.7 Å². The second-order valence-corrected chi connectivity index (χ2v) is 7.32. The molecular formula is C25H19F2NO5. The number of anilines is 1. The summed E-state index contributed by atoms with van der Waals surface area (Å²) in [7, 11) is 0. The van der Waals surface area contributed by atoms with E-state index in [1.807, 2.05) is 0 Å². The largest absolute Gasteiger partial charge is 0.508 e. The molecule has 3 aromatic rings. The summed E-state index contributed by atoms with van der Waals surface area (Å²) in [6.45, 7) is 2.18. The molecule has 168 valence electrons. The van der Waals surface area contributed by atoms with E-state index in [0.29, 0.717) is 17.9 Å². The number of carbonyl (C=O) groups is 2. The highest BCUT2D eigenvalue weighted by Crippen LogP contribution is 2.43. The number of aliphatic hydroxyl groups excluding tert-OH is 1. The van der Waals surface area contributed by atoms with Gasteiger partial charge in [-0.15, -0.1) is 0 Å². The van der Waals surface area contributed by atoms with Gasteiger partial charge in [0.15, 0.2) is 11.6 Å². The van der Waals surface area contributed by atoms with Crippen molar-refractivity contribution in [2.45, 2.75) is 13.0 Å². The number of nitrogens with zero attached hydrogens (tertiary/aromatic N) is 1. The van der Waals surface area contributed by atoms with Crippen LogP contribution in [0.1, 0.15) is 24.1 Å². The minimum absolute atomic E-state index is 0.0774. The zero-order chi connectivity index (χ0) is 23.7. The van der Waals surface area contributed by atoms with Gasteiger partial charge in [-0.05, 0) is 48.9 Å². The van der Waals surface area contributed by atoms with Crippen molar-refractivity contribution >= 4 is 23.1 Å². The van der Waals surface area contributed by atoms with Crippen LogP contribution in [0.15, 0.2) is 72.3 Å². The van der Waals surface area contributed by atoms with E-state index in [4.69, 9.17) is 4.74 Å². The molecule has 3 aromatic carbocycles. The van der Waals surface area contributed by atoms with E-state index in [9.17, 15) is 28.6 Å². The van der Waals surface area contributed by atoms with Crippen LogP contribution in [-0.2, 0) is 9.59 Å². The fraction of sp³-hybridized carbons (Fsp3) is 0.120. The third-order valence-corrected chi connectivity index (χ3v) is 5.23. The number of benzene rings is 3. The maximum absolute atomic E-state index is 14.0. The fourth-order valence-corrected chi connectivity index (χ4v) is 3.80. The van der Waals surface area contributed by atoms with Gasteiger partial charge in [-0.25, -0.2) is 8.78 Å². The summed E-state index contributed by atoms with van der Waals surface area (Å²) in [6, 6.07) is 13.7. The summed E-state index contributed by atoms with van der Waals surface area (Å²) in [5.74, 6) is -4.50. The van der Waals surface area contributed by atoms with Gasteiger partial charge in [0.2, 0.25) is 0 Å². The maximum atomic E-state index is 14.0. The third kappa shape index (κ3) is 4.03. The maximum Gasteiger partial charge on any atom is 0.300 e. The molecule has 1 aliphatic heterocycles. The van der Waals surface area contributed by atoms with Gasteiger partial charge in [0.05, 0.1) is 18.2 Å². The number of Topliss-reactive ketones (excluding diaryl/α,β-unsaturated/α-hetero) is 1. The van der Waals surface area contributed by atoms with E-state index in [1.54, 1.807) is 31.2 Å². The Kier molecular flexibility index (Phi) is 5.83. The molecule has 1 amide bonds. The number of aromatic hydroxyl groups is 1. The molecule has 1 heterocycles. The van der Waals surface area contributed by atoms with E-state index in [2.05, 4.69) is 0 Å². The second-order valence-electron chi connectivity index (χ2n) is 7.32. The minimum Gasteiger partial charge on any atom is -0.508 e. The number of hydrogen-bond donors (Lipinski definition) is 2. The quantitative estimate of drug-likeness (QED) is 0.334. The molecule has 0 spiro atoms. The normalized spacial score (nSPS) is 17.4. The summed E-state index contributed by atoms with van der Waals surface area (Å²) in [5.41, 5.74) is 0.186. The summed E-state index contributed by atoms with van der Waals surface area (Å²) in [4.78, 5) is 27.0. The van der Waals surface area contributed by atoms with Crippen LogP contribution in [-0.4, -0.2) is 28.5 Å². The lowest BCUT2D eigenvalue weighted by atomic mass is 9.95. The second kappa shape index (κ2) is 8.74. The van der Waals surface area contributed by atoms with Crippen LogP contribution in [0.25, 0.3) is 5.76 Å². The molecule has 0 radical (unpaired) electrons. The number of carbonyl (C=O) groups excluding carboxylic acids is 2. The Morgan fingerprint density at radius 1 is 1.00 bits per heavy atom. The zero-order valence-corrected chi connectivity index (χ0v) is 17.5. The number of ether oxygens (including phenoxy) is 1. The molecule has 1 aliphatic rings. The van der Waals surface area contributed by atoms with Crippen LogP contribution >= 0.6 is 0 Å². The number of hydrogen-bond acceptors (Lipinski definition) is 5. The van der Waals surface area contributed by atoms with Crippen molar-refractivity contribution in [3.63, 3.8) is 0 Å². The van der Waals surface area contributed by atoms with E-state index in [-0.39, 0.29) is 22.6 Å². The number of aliphatic hydroxyl groups is 1. The van der Waals surface area contributed by atoms with Gasteiger partial charge in [0, 0.05) is 17.3 Å². The van der Waals surface area contributed by atoms with Gasteiger partial charge >= 0.3 is 0 Å². The molecule has 4 rings (SSSR count). The summed E-state index contributed by atoms with van der Waals surface area (Å²) in [5, 5.41) is 21.1. The Morgan fingerprint density at radius 2 is 1.76 bits per heavy atom. The van der Waals surface area contributed by atoms with E-state index >= 15 is 0 Å². The number of halogens is 2. The number of phenols is 1. The highest BCUT2D eigenvalue weighted by molar-refractivity contribution is 6.51. The molecule has 1 fully saturated rings. The van der Waals surface area contributed by atoms with Gasteiger partial charge in [0.1, 0.15) is 17.3 Å². The van der Waals surface area contributed by atoms with Crippen molar-refractivity contribution in [1.82, 2.24) is 0 Å². The topological polar surface area (TPSA) is 87.1 Å². The lowest BCUT2D eigenvalue weighted by molar-refractivity contribution is -0.132. The Balaban J connectivity index is 1.94. The Labute approximate surface area is 188 Å². The van der Waals surface area contributed by atoms with E-state index in [0.717, 1.165) is 23.1 Å². The summed E-state index contributed by atoms with van der Waals surface area (Å²) < 4.78 is 32.9. The van der Waals surface area contributed by atoms with Crippen LogP contribution in [0, 0.1) is 11.6 Å². The van der Waals surface area contributed by atoms with Crippen LogP contribution in [0.2, 0.25) is 0 Å². The molecule has 0 saturated carbocycles. The van der Waals surface area contributed by atoms with E-state index < -0.39 is 35.1 Å². The molecule has 0 aromatic heterocycles. The van der Waals surface area contributed by atoms with Crippen molar-refractivity contribution in [3.8, 4) is 11.5 Å². The number of ketones is 1. The standard InChI is InChI=1S/C25H19F2NO5/c1-2-33-18-8-4-6-15(12-18)23(30)21-22(14-5-3-7-17(29)11-14)28(25(32)24(21)31)16-9-10-19(26)20(27)13-16/h3-13,22,29-30H,2H2,1H3/b23-21+. The minimum atomic E-state index is -1.20. The predicted molar refractivity (Wildman–Crippen MR) is 117 cm³/mol. The van der Waals surface area contributed by atoms with Crippen molar-refractivity contribution in [1.29, 1.82) is 0 Å². The molecule has 2 N–H and O–H groups in total. The third-order valence-electron chi connectivity index (χ3n) is 5.23. The average molecular weight is 451 g/mol. The van der Waals surface area contributed by atoms with Crippen molar-refractivity contribution in [3.05, 3.63) is 95.1 Å². The van der Waals surface area contributed by atoms with Crippen molar-refractivity contribution in [2.75, 3.05) is 11.5 Å². The highest BCUT2D eigenvalue weighted by atomic mass is 19.2. The molecule has 1 atom stereocenters. The first kappa shape index (κ1) is 22.0. The van der Waals surface area contributed by atoms with Crippen LogP contribution in [0.4, 0.5) is 14.5 Å². The molecule has 33 heavy (non-hydrogen) atoms. The number of amides is 1.